The van der Waals surface area contributed by atoms with Gasteiger partial charge in [-0.2, -0.15) is 4.74 Å². The zero-order valence-electron chi connectivity index (χ0n) is 12.5. The Labute approximate surface area is 129 Å². The molecule has 6 heteroatoms. The number of aliphatic imine (C=N–C) groups is 1. The first-order valence-electron chi connectivity index (χ1n) is 6.66. The Balaban J connectivity index is 2.47. The summed E-state index contributed by atoms with van der Waals surface area (Å²) in [6.07, 6.45) is 6.83. The maximum Gasteiger partial charge on any atom is 0.242 e. The molecule has 0 spiro atoms. The van der Waals surface area contributed by atoms with Crippen LogP contribution in [0.3, 0.4) is 0 Å². The zero-order valence-corrected chi connectivity index (χ0v) is 12.5. The normalized spacial score (nSPS) is 16.7. The first-order chi connectivity index (χ1) is 10.5. The van der Waals surface area contributed by atoms with E-state index < -0.39 is 0 Å². The van der Waals surface area contributed by atoms with Gasteiger partial charge in [-0.3, -0.25) is 10.7 Å². The van der Waals surface area contributed by atoms with Gasteiger partial charge in [0.05, 0.1) is 12.0 Å². The molecule has 22 heavy (non-hydrogen) atoms. The lowest BCUT2D eigenvalue weighted by Gasteiger charge is -2.13. The van der Waals surface area contributed by atoms with Gasteiger partial charge in [-0.1, -0.05) is 18.7 Å². The van der Waals surface area contributed by atoms with Gasteiger partial charge >= 0.3 is 0 Å². The van der Waals surface area contributed by atoms with Crippen molar-refractivity contribution in [2.45, 2.75) is 0 Å². The Morgan fingerprint density at radius 2 is 2.05 bits per heavy atom. The average molecular weight is 298 g/mol. The third-order valence-electron chi connectivity index (χ3n) is 2.97. The van der Waals surface area contributed by atoms with Crippen LogP contribution in [0.15, 0.2) is 65.3 Å². The molecule has 0 aliphatic heterocycles. The largest absolute Gasteiger partial charge is 0.618 e. The van der Waals surface area contributed by atoms with Crippen LogP contribution in [-0.2, 0) is 0 Å². The molecule has 0 saturated heterocycles. The smallest absolute Gasteiger partial charge is 0.242 e. The maximum atomic E-state index is 12.6. The molecule has 2 N–H and O–H groups in total. The molecule has 0 bridgehead atoms. The van der Waals surface area contributed by atoms with E-state index in [1.54, 1.807) is 53.7 Å². The monoisotopic (exact) mass is 298 g/mol. The Bertz CT molecular complexity index is 700. The molecule has 0 radical (unpaired) electrons. The molecule has 1 aliphatic rings. The number of hydrogen-bond acceptors (Lipinski definition) is 4. The number of benzene rings is 1. The summed E-state index contributed by atoms with van der Waals surface area (Å²) < 4.78 is 0.718. The van der Waals surface area contributed by atoms with Crippen LogP contribution in [0.2, 0.25) is 0 Å². The average Bonchev–Trinajstić information content (AvgIpc) is 2.53. The van der Waals surface area contributed by atoms with E-state index in [-0.39, 0.29) is 0 Å². The molecule has 0 amide bonds. The highest BCUT2D eigenvalue weighted by Crippen LogP contribution is 2.25. The zero-order chi connectivity index (χ0) is 16.1. The summed E-state index contributed by atoms with van der Waals surface area (Å²) in [5.41, 5.74) is 4.23. The topological polar surface area (TPSA) is 73.9 Å². The number of anilines is 1. The van der Waals surface area contributed by atoms with Crippen molar-refractivity contribution in [3.8, 4) is 0 Å². The van der Waals surface area contributed by atoms with Gasteiger partial charge in [-0.25, -0.2) is 4.99 Å². The van der Waals surface area contributed by atoms with E-state index in [0.29, 0.717) is 28.4 Å². The molecule has 0 atom stereocenters. The van der Waals surface area contributed by atoms with Crippen LogP contribution in [0.25, 0.3) is 0 Å². The van der Waals surface area contributed by atoms with E-state index in [1.165, 1.54) is 0 Å². The highest BCUT2D eigenvalue weighted by Gasteiger charge is 2.18. The van der Waals surface area contributed by atoms with Crippen molar-refractivity contribution in [3.63, 3.8) is 0 Å². The van der Waals surface area contributed by atoms with Crippen LogP contribution >= 0.6 is 0 Å². The molecule has 114 valence electrons. The van der Waals surface area contributed by atoms with Gasteiger partial charge in [-0.05, 0) is 18.2 Å². The van der Waals surface area contributed by atoms with Crippen molar-refractivity contribution in [1.82, 2.24) is 4.90 Å². The molecule has 6 nitrogen and oxygen atoms in total. The van der Waals surface area contributed by atoms with E-state index >= 15 is 0 Å². The summed E-state index contributed by atoms with van der Waals surface area (Å²) in [7, 11) is 3.73. The second kappa shape index (κ2) is 6.73. The fraction of sp³-hybridized carbons (Fsp3) is 0.125. The molecular weight excluding hydrogens is 280 g/mol. The Kier molecular flexibility index (Phi) is 4.75. The van der Waals surface area contributed by atoms with Gasteiger partial charge in [0, 0.05) is 31.8 Å². The minimum absolute atomic E-state index is 0.295. The predicted molar refractivity (Wildman–Crippen MR) is 88.7 cm³/mol. The molecule has 0 aromatic heterocycles. The van der Waals surface area contributed by atoms with Crippen LogP contribution in [-0.4, -0.2) is 41.0 Å². The SMILES string of the molecule is C=C1C=CC(N=CN(C)C)=C/C1=[N+](\[O-])c1ccccc1NO. The summed E-state index contributed by atoms with van der Waals surface area (Å²) in [5.74, 6) is 0. The summed E-state index contributed by atoms with van der Waals surface area (Å²) in [6.45, 7) is 3.87. The van der Waals surface area contributed by atoms with Crippen LogP contribution in [0.1, 0.15) is 0 Å². The summed E-state index contributed by atoms with van der Waals surface area (Å²) in [5, 5.41) is 21.7. The lowest BCUT2D eigenvalue weighted by molar-refractivity contribution is -0.358. The third-order valence-corrected chi connectivity index (χ3v) is 2.97. The van der Waals surface area contributed by atoms with Gasteiger partial charge in [0.2, 0.25) is 11.4 Å². The first-order valence-corrected chi connectivity index (χ1v) is 6.66. The predicted octanol–water partition coefficient (Wildman–Crippen LogP) is 2.67. The third kappa shape index (κ3) is 3.42. The van der Waals surface area contributed by atoms with Crippen molar-refractivity contribution in [3.05, 3.63) is 65.5 Å². The molecule has 0 fully saturated rings. The number of hydrogen-bond donors (Lipinski definition) is 2. The fourth-order valence-corrected chi connectivity index (χ4v) is 1.88. The van der Waals surface area contributed by atoms with Gasteiger partial charge in [0.15, 0.2) is 0 Å². The molecule has 0 unspecified atom stereocenters. The highest BCUT2D eigenvalue weighted by molar-refractivity contribution is 6.09. The quantitative estimate of drug-likeness (QED) is 0.295. The Hall–Kier alpha value is -2.86. The van der Waals surface area contributed by atoms with Crippen LogP contribution in [0.5, 0.6) is 0 Å². The minimum atomic E-state index is 0.295. The Morgan fingerprint density at radius 3 is 2.73 bits per heavy atom. The van der Waals surface area contributed by atoms with Crippen molar-refractivity contribution in [1.29, 1.82) is 0 Å². The van der Waals surface area contributed by atoms with Crippen molar-refractivity contribution in [2.24, 2.45) is 4.99 Å². The van der Waals surface area contributed by atoms with E-state index in [0.717, 1.165) is 4.74 Å². The van der Waals surface area contributed by atoms with Gasteiger partial charge in [-0.15, -0.1) is 0 Å². The van der Waals surface area contributed by atoms with Crippen molar-refractivity contribution >= 4 is 23.4 Å². The molecule has 0 heterocycles. The van der Waals surface area contributed by atoms with Gasteiger partial charge in [0.25, 0.3) is 0 Å². The van der Waals surface area contributed by atoms with Crippen molar-refractivity contribution < 1.29 is 9.95 Å². The Morgan fingerprint density at radius 1 is 1.32 bits per heavy atom. The van der Waals surface area contributed by atoms with Crippen LogP contribution in [0.4, 0.5) is 11.4 Å². The van der Waals surface area contributed by atoms with Gasteiger partial charge < -0.3 is 10.1 Å². The summed E-state index contributed by atoms with van der Waals surface area (Å²) in [4.78, 5) is 6.07. The standard InChI is InChI=1S/C16H18N4O2/c1-12-8-9-13(17-11-19(2)3)10-16(12)20(22)15-7-5-4-6-14(15)18-21/h4-11,18,21H,1H2,2-3H3/b17-11?,20-16+. The molecule has 1 aliphatic carbocycles. The summed E-state index contributed by atoms with van der Waals surface area (Å²) in [6, 6.07) is 6.66. The lowest BCUT2D eigenvalue weighted by Crippen LogP contribution is -2.15. The number of allylic oxidation sites excluding steroid dienone is 4. The second-order valence-electron chi connectivity index (χ2n) is 4.94. The van der Waals surface area contributed by atoms with E-state index in [1.807, 2.05) is 19.6 Å². The number of rotatable bonds is 4. The molecule has 2 rings (SSSR count). The van der Waals surface area contributed by atoms with E-state index in [4.69, 9.17) is 5.21 Å². The highest BCUT2D eigenvalue weighted by atomic mass is 16.5. The molecule has 1 aromatic carbocycles. The minimum Gasteiger partial charge on any atom is -0.618 e. The molecule has 0 saturated carbocycles. The molecular formula is C16H18N4O2. The second-order valence-corrected chi connectivity index (χ2v) is 4.94. The number of nitrogens with one attached hydrogen (secondary N) is 1. The van der Waals surface area contributed by atoms with Crippen molar-refractivity contribution in [2.75, 3.05) is 19.6 Å². The van der Waals surface area contributed by atoms with Gasteiger partial charge in [0.1, 0.15) is 5.69 Å². The van der Waals surface area contributed by atoms with E-state index in [9.17, 15) is 5.21 Å². The first kappa shape index (κ1) is 15.5. The summed E-state index contributed by atoms with van der Waals surface area (Å²) >= 11 is 0. The maximum absolute atomic E-state index is 12.6. The van der Waals surface area contributed by atoms with Crippen LogP contribution < -0.4 is 5.48 Å². The lowest BCUT2D eigenvalue weighted by atomic mass is 10.1. The molecule has 1 aromatic rings. The number of para-hydroxylation sites is 2. The fourth-order valence-electron chi connectivity index (χ4n) is 1.88. The number of nitrogens with zero attached hydrogens (tertiary/aromatic N) is 3. The van der Waals surface area contributed by atoms with E-state index in [2.05, 4.69) is 11.6 Å². The van der Waals surface area contributed by atoms with Crippen LogP contribution in [0, 0.1) is 5.21 Å².